The van der Waals surface area contributed by atoms with Gasteiger partial charge in [0.2, 0.25) is 0 Å². The number of aromatic nitrogens is 1. The second kappa shape index (κ2) is 7.62. The van der Waals surface area contributed by atoms with Gasteiger partial charge in [0.25, 0.3) is 5.56 Å². The van der Waals surface area contributed by atoms with Crippen LogP contribution < -0.4 is 5.56 Å². The van der Waals surface area contributed by atoms with E-state index >= 15 is 0 Å². The van der Waals surface area contributed by atoms with Crippen LogP contribution >= 0.6 is 0 Å². The minimum atomic E-state index is -0.529. The van der Waals surface area contributed by atoms with E-state index in [1.54, 1.807) is 24.3 Å². The first kappa shape index (κ1) is 16.7. The second-order valence-electron chi connectivity index (χ2n) is 6.41. The Morgan fingerprint density at radius 1 is 1.21 bits per heavy atom. The van der Waals surface area contributed by atoms with Gasteiger partial charge < -0.3 is 14.5 Å². The van der Waals surface area contributed by atoms with Crippen molar-refractivity contribution >= 4 is 16.7 Å². The lowest BCUT2D eigenvalue weighted by Gasteiger charge is -2.28. The molecule has 0 amide bonds. The maximum atomic E-state index is 12.1. The van der Waals surface area contributed by atoms with Gasteiger partial charge in [0, 0.05) is 5.39 Å². The van der Waals surface area contributed by atoms with Gasteiger partial charge in [-0.05, 0) is 36.3 Å². The first-order valence-electron chi connectivity index (χ1n) is 8.56. The molecule has 128 valence electrons. The highest BCUT2D eigenvalue weighted by Gasteiger charge is 2.21. The molecule has 0 unspecified atom stereocenters. The quantitative estimate of drug-likeness (QED) is 0.675. The molecule has 2 aromatic rings. The molecule has 2 atom stereocenters. The number of ether oxygens (including phenoxy) is 2. The average molecular weight is 329 g/mol. The summed E-state index contributed by atoms with van der Waals surface area (Å²) < 4.78 is 11.1. The van der Waals surface area contributed by atoms with Gasteiger partial charge in [-0.1, -0.05) is 38.0 Å². The van der Waals surface area contributed by atoms with Crippen molar-refractivity contribution in [1.29, 1.82) is 0 Å². The summed E-state index contributed by atoms with van der Waals surface area (Å²) in [6.07, 6.45) is 5.01. The summed E-state index contributed by atoms with van der Waals surface area (Å²) in [4.78, 5) is 26.7. The molecule has 5 heteroatoms. The molecule has 1 aliphatic carbocycles. The average Bonchev–Trinajstić information content (AvgIpc) is 2.60. The van der Waals surface area contributed by atoms with Gasteiger partial charge in [0.15, 0.2) is 0 Å². The SMILES string of the molecule is C[C@@H]1CCCC[C@H]1OCCOC(=O)c1cc2ccccc2c(=O)[nH]1. The summed E-state index contributed by atoms with van der Waals surface area (Å²) >= 11 is 0. The Hall–Kier alpha value is -2.14. The molecule has 24 heavy (non-hydrogen) atoms. The predicted molar refractivity (Wildman–Crippen MR) is 92.2 cm³/mol. The van der Waals surface area contributed by atoms with E-state index in [0.717, 1.165) is 11.8 Å². The Labute approximate surface area is 141 Å². The van der Waals surface area contributed by atoms with Gasteiger partial charge in [-0.25, -0.2) is 4.79 Å². The van der Waals surface area contributed by atoms with Gasteiger partial charge in [-0.2, -0.15) is 0 Å². The molecule has 0 saturated heterocycles. The monoisotopic (exact) mass is 329 g/mol. The molecule has 0 aliphatic heterocycles. The molecule has 1 aromatic heterocycles. The van der Waals surface area contributed by atoms with E-state index in [1.807, 2.05) is 6.07 Å². The van der Waals surface area contributed by atoms with Crippen LogP contribution in [0.15, 0.2) is 35.1 Å². The maximum absolute atomic E-state index is 12.1. The standard InChI is InChI=1S/C19H23NO4/c1-13-6-2-5-9-17(13)23-10-11-24-19(22)16-12-14-7-3-4-8-15(14)18(21)20-16/h3-4,7-8,12-13,17H,2,5-6,9-11H2,1H3,(H,20,21)/t13-,17-/m1/s1. The highest BCUT2D eigenvalue weighted by Crippen LogP contribution is 2.26. The van der Waals surface area contributed by atoms with Crippen LogP contribution in [0.1, 0.15) is 43.1 Å². The molecule has 1 aromatic carbocycles. The molecule has 0 bridgehead atoms. The largest absolute Gasteiger partial charge is 0.459 e. The number of aromatic amines is 1. The van der Waals surface area contributed by atoms with Crippen LogP contribution in [0.25, 0.3) is 10.8 Å². The third-order valence-electron chi connectivity index (χ3n) is 4.65. The highest BCUT2D eigenvalue weighted by molar-refractivity contribution is 5.92. The van der Waals surface area contributed by atoms with E-state index in [2.05, 4.69) is 11.9 Å². The second-order valence-corrected chi connectivity index (χ2v) is 6.41. The number of H-pyrrole nitrogens is 1. The summed E-state index contributed by atoms with van der Waals surface area (Å²) in [5, 5.41) is 1.28. The van der Waals surface area contributed by atoms with E-state index in [9.17, 15) is 9.59 Å². The van der Waals surface area contributed by atoms with Crippen LogP contribution in [0.2, 0.25) is 0 Å². The number of esters is 1. The first-order valence-corrected chi connectivity index (χ1v) is 8.56. The van der Waals surface area contributed by atoms with E-state index in [0.29, 0.717) is 17.9 Å². The molecular formula is C19H23NO4. The van der Waals surface area contributed by atoms with Crippen LogP contribution in [0.4, 0.5) is 0 Å². The molecule has 1 aliphatic rings. The number of fused-ring (bicyclic) bond motifs is 1. The smallest absolute Gasteiger partial charge is 0.354 e. The summed E-state index contributed by atoms with van der Waals surface area (Å²) in [7, 11) is 0. The number of carbonyl (C=O) groups excluding carboxylic acids is 1. The Balaban J connectivity index is 1.54. The Kier molecular flexibility index (Phi) is 5.30. The fourth-order valence-corrected chi connectivity index (χ4v) is 3.26. The minimum absolute atomic E-state index is 0.171. The third-order valence-corrected chi connectivity index (χ3v) is 4.65. The van der Waals surface area contributed by atoms with E-state index in [4.69, 9.17) is 9.47 Å². The molecule has 5 nitrogen and oxygen atoms in total. The summed E-state index contributed by atoms with van der Waals surface area (Å²) in [5.41, 5.74) is -0.114. The normalized spacial score (nSPS) is 20.9. The molecule has 1 saturated carbocycles. The Morgan fingerprint density at radius 2 is 2.00 bits per heavy atom. The molecule has 0 radical (unpaired) electrons. The van der Waals surface area contributed by atoms with Crippen molar-refractivity contribution in [3.8, 4) is 0 Å². The van der Waals surface area contributed by atoms with Crippen molar-refractivity contribution in [2.24, 2.45) is 5.92 Å². The maximum Gasteiger partial charge on any atom is 0.354 e. The first-order chi connectivity index (χ1) is 11.6. The highest BCUT2D eigenvalue weighted by atomic mass is 16.6. The lowest BCUT2D eigenvalue weighted by atomic mass is 9.88. The van der Waals surface area contributed by atoms with Gasteiger partial charge in [-0.3, -0.25) is 4.79 Å². The Bertz CT molecular complexity index is 767. The Morgan fingerprint density at radius 3 is 2.83 bits per heavy atom. The van der Waals surface area contributed by atoms with Crippen molar-refractivity contribution in [3.05, 3.63) is 46.4 Å². The lowest BCUT2D eigenvalue weighted by molar-refractivity contribution is -0.0272. The summed E-state index contributed by atoms with van der Waals surface area (Å²) in [6, 6.07) is 8.79. The van der Waals surface area contributed by atoms with Gasteiger partial charge in [0.1, 0.15) is 12.3 Å². The number of hydrogen-bond donors (Lipinski definition) is 1. The van der Waals surface area contributed by atoms with Crippen molar-refractivity contribution in [2.45, 2.75) is 38.7 Å². The molecule has 1 N–H and O–H groups in total. The topological polar surface area (TPSA) is 68.4 Å². The number of pyridine rings is 1. The number of benzene rings is 1. The van der Waals surface area contributed by atoms with E-state index in [1.165, 1.54) is 19.3 Å². The van der Waals surface area contributed by atoms with Crippen LogP contribution in [-0.4, -0.2) is 30.3 Å². The zero-order chi connectivity index (χ0) is 16.9. The van der Waals surface area contributed by atoms with Crippen LogP contribution in [0.3, 0.4) is 0 Å². The molecule has 1 heterocycles. The summed E-state index contributed by atoms with van der Waals surface area (Å²) in [5.74, 6) is 0.0319. The molecular weight excluding hydrogens is 306 g/mol. The van der Waals surface area contributed by atoms with Crippen molar-refractivity contribution < 1.29 is 14.3 Å². The third kappa shape index (κ3) is 3.85. The van der Waals surface area contributed by atoms with E-state index in [-0.39, 0.29) is 24.0 Å². The van der Waals surface area contributed by atoms with Gasteiger partial charge in [0.05, 0.1) is 12.7 Å². The lowest BCUT2D eigenvalue weighted by Crippen LogP contribution is -2.27. The number of rotatable bonds is 5. The number of hydrogen-bond acceptors (Lipinski definition) is 4. The van der Waals surface area contributed by atoms with Crippen LogP contribution in [0.5, 0.6) is 0 Å². The van der Waals surface area contributed by atoms with Gasteiger partial charge in [-0.15, -0.1) is 0 Å². The van der Waals surface area contributed by atoms with Gasteiger partial charge >= 0.3 is 5.97 Å². The van der Waals surface area contributed by atoms with Crippen molar-refractivity contribution in [3.63, 3.8) is 0 Å². The summed E-state index contributed by atoms with van der Waals surface area (Å²) in [6.45, 7) is 2.78. The van der Waals surface area contributed by atoms with Crippen molar-refractivity contribution in [1.82, 2.24) is 4.98 Å². The number of nitrogens with one attached hydrogen (secondary N) is 1. The molecule has 3 rings (SSSR count). The van der Waals surface area contributed by atoms with Crippen LogP contribution in [-0.2, 0) is 9.47 Å². The van der Waals surface area contributed by atoms with Crippen molar-refractivity contribution in [2.75, 3.05) is 13.2 Å². The molecule has 0 spiro atoms. The van der Waals surface area contributed by atoms with E-state index < -0.39 is 5.97 Å². The minimum Gasteiger partial charge on any atom is -0.459 e. The zero-order valence-corrected chi connectivity index (χ0v) is 13.9. The molecule has 1 fully saturated rings. The fraction of sp³-hybridized carbons (Fsp3) is 0.474. The predicted octanol–water partition coefficient (Wildman–Crippen LogP) is 3.28. The number of carbonyl (C=O) groups is 1. The van der Waals surface area contributed by atoms with Crippen LogP contribution in [0, 0.1) is 5.92 Å². The fourth-order valence-electron chi connectivity index (χ4n) is 3.26. The zero-order valence-electron chi connectivity index (χ0n) is 13.9.